The molecule has 0 saturated carbocycles. The maximum absolute atomic E-state index is 2.64. The van der Waals surface area contributed by atoms with Crippen LogP contribution in [0.1, 0.15) is 154 Å². The minimum absolute atomic E-state index is 0.0792. The van der Waals surface area contributed by atoms with Gasteiger partial charge in [0.2, 0.25) is 0 Å². The Morgan fingerprint density at radius 3 is 1.54 bits per heavy atom. The van der Waals surface area contributed by atoms with Gasteiger partial charge in [-0.05, 0) is 162 Å². The molecule has 0 spiro atoms. The van der Waals surface area contributed by atoms with Crippen LogP contribution in [0.4, 0.5) is 17.1 Å². The number of hydrogen-bond acceptors (Lipinski definition) is 1. The second-order valence-electron chi connectivity index (χ2n) is 21.7. The summed E-state index contributed by atoms with van der Waals surface area (Å²) in [5, 5.41) is 0. The largest absolute Gasteiger partial charge is 0.310 e. The summed E-state index contributed by atoms with van der Waals surface area (Å²) in [5.41, 5.74) is 22.1. The number of nitrogens with zero attached hydrogens (tertiary/aromatic N) is 1. The molecule has 302 valence electrons. The summed E-state index contributed by atoms with van der Waals surface area (Å²) in [4.78, 5) is 2.61. The van der Waals surface area contributed by atoms with Crippen LogP contribution in [0.2, 0.25) is 0 Å². The first kappa shape index (κ1) is 39.6. The molecule has 0 amide bonds. The van der Waals surface area contributed by atoms with Crippen molar-refractivity contribution in [2.45, 2.75) is 142 Å². The van der Waals surface area contributed by atoms with Crippen LogP contribution < -0.4 is 4.90 Å². The first-order valence-corrected chi connectivity index (χ1v) is 22.4. The molecule has 0 unspecified atom stereocenters. The summed E-state index contributed by atoms with van der Waals surface area (Å²) in [6.45, 7) is 29.3. The van der Waals surface area contributed by atoms with E-state index >= 15 is 0 Å². The van der Waals surface area contributed by atoms with Gasteiger partial charge >= 0.3 is 0 Å². The second-order valence-corrected chi connectivity index (χ2v) is 21.7. The monoisotopic (exact) mass is 776 g/mol. The molecule has 1 nitrogen and oxygen atoms in total. The maximum atomic E-state index is 2.64. The third-order valence-electron chi connectivity index (χ3n) is 15.2. The quantitative estimate of drug-likeness (QED) is 0.163. The fraction of sp³-hybridized carbons (Fsp3) is 0.379. The lowest BCUT2D eigenvalue weighted by molar-refractivity contribution is 0.331. The van der Waals surface area contributed by atoms with Gasteiger partial charge in [0.25, 0.3) is 0 Å². The highest BCUT2D eigenvalue weighted by Crippen LogP contribution is 2.56. The van der Waals surface area contributed by atoms with E-state index in [9.17, 15) is 0 Å². The molecular weight excluding hydrogens is 711 g/mol. The fourth-order valence-electron chi connectivity index (χ4n) is 11.1. The highest BCUT2D eigenvalue weighted by atomic mass is 15.1. The van der Waals surface area contributed by atoms with Crippen LogP contribution in [0.25, 0.3) is 33.4 Å². The second kappa shape index (κ2) is 13.6. The van der Waals surface area contributed by atoms with E-state index in [1.165, 1.54) is 115 Å². The van der Waals surface area contributed by atoms with Crippen LogP contribution in [0.3, 0.4) is 0 Å². The van der Waals surface area contributed by atoms with Crippen LogP contribution in [0.5, 0.6) is 0 Å². The molecule has 0 N–H and O–H groups in total. The van der Waals surface area contributed by atoms with Crippen molar-refractivity contribution in [3.05, 3.63) is 160 Å². The molecule has 3 aliphatic rings. The average molecular weight is 776 g/mol. The number of rotatable bonds is 6. The van der Waals surface area contributed by atoms with Gasteiger partial charge in [0.15, 0.2) is 0 Å². The lowest BCUT2D eigenvalue weighted by atomic mass is 9.62. The van der Waals surface area contributed by atoms with E-state index in [4.69, 9.17) is 0 Å². The Bertz CT molecular complexity index is 2590. The van der Waals surface area contributed by atoms with Gasteiger partial charge < -0.3 is 4.90 Å². The van der Waals surface area contributed by atoms with Crippen LogP contribution in [0, 0.1) is 0 Å². The smallest absolute Gasteiger partial charge is 0.0543 e. The summed E-state index contributed by atoms with van der Waals surface area (Å²) in [6, 6.07) is 47.2. The zero-order valence-electron chi connectivity index (χ0n) is 37.9. The Labute approximate surface area is 355 Å². The van der Waals surface area contributed by atoms with E-state index in [1.54, 1.807) is 0 Å². The van der Waals surface area contributed by atoms with E-state index in [0.717, 1.165) is 0 Å². The molecule has 0 aliphatic heterocycles. The van der Waals surface area contributed by atoms with Gasteiger partial charge in [-0.1, -0.05) is 162 Å². The molecule has 0 saturated heterocycles. The normalized spacial score (nSPS) is 18.7. The summed E-state index contributed by atoms with van der Waals surface area (Å²) >= 11 is 0. The lowest BCUT2D eigenvalue weighted by Crippen LogP contribution is -2.34. The molecule has 0 aromatic heterocycles. The first-order chi connectivity index (χ1) is 27.8. The summed E-state index contributed by atoms with van der Waals surface area (Å²) in [7, 11) is 0. The third kappa shape index (κ3) is 6.41. The van der Waals surface area contributed by atoms with E-state index in [2.05, 4.69) is 209 Å². The number of hydrogen-bond donors (Lipinski definition) is 0. The maximum Gasteiger partial charge on any atom is 0.0543 e. The average Bonchev–Trinajstić information content (AvgIpc) is 3.43. The van der Waals surface area contributed by atoms with Gasteiger partial charge in [0.1, 0.15) is 0 Å². The van der Waals surface area contributed by atoms with Crippen LogP contribution >= 0.6 is 0 Å². The lowest BCUT2D eigenvalue weighted by Gasteiger charge is -2.43. The molecule has 0 radical (unpaired) electrons. The summed E-state index contributed by atoms with van der Waals surface area (Å²) in [6.07, 6.45) is 4.77. The molecule has 1 heteroatoms. The minimum Gasteiger partial charge on any atom is -0.310 e. The molecule has 0 bridgehead atoms. The SMILES string of the molecule is CC(C)c1cc2c(cc1-c1cc3c(cc1N(c1ccc(-c4ccccc4)cc1)c1ccc4c(c1)C(C)(C)CCC4(C)C)C(C)(C)c1ccccc1-3)C(C)(C)CCC2(C)C. The molecule has 9 rings (SSSR count). The van der Waals surface area contributed by atoms with Gasteiger partial charge in [0.05, 0.1) is 5.69 Å². The number of benzene rings is 6. The van der Waals surface area contributed by atoms with Crippen molar-refractivity contribution in [1.82, 2.24) is 0 Å². The fourth-order valence-corrected chi connectivity index (χ4v) is 11.1. The molecule has 0 heterocycles. The molecular formula is C58H65N. The highest BCUT2D eigenvalue weighted by Gasteiger charge is 2.41. The third-order valence-corrected chi connectivity index (χ3v) is 15.2. The van der Waals surface area contributed by atoms with Gasteiger partial charge in [-0.15, -0.1) is 0 Å². The van der Waals surface area contributed by atoms with Crippen molar-refractivity contribution >= 4 is 17.1 Å². The highest BCUT2D eigenvalue weighted by molar-refractivity contribution is 5.96. The Balaban J connectivity index is 1.38. The Hall–Kier alpha value is -4.88. The van der Waals surface area contributed by atoms with Crippen LogP contribution in [0.15, 0.2) is 121 Å². The van der Waals surface area contributed by atoms with Crippen molar-refractivity contribution in [2.24, 2.45) is 0 Å². The molecule has 0 atom stereocenters. The van der Waals surface area contributed by atoms with E-state index in [1.807, 2.05) is 0 Å². The van der Waals surface area contributed by atoms with Crippen LogP contribution in [-0.4, -0.2) is 0 Å². The van der Waals surface area contributed by atoms with Crippen molar-refractivity contribution in [1.29, 1.82) is 0 Å². The van der Waals surface area contributed by atoms with Crippen molar-refractivity contribution in [2.75, 3.05) is 4.90 Å². The molecule has 59 heavy (non-hydrogen) atoms. The van der Waals surface area contributed by atoms with Gasteiger partial charge in [-0.2, -0.15) is 0 Å². The van der Waals surface area contributed by atoms with E-state index in [-0.39, 0.29) is 27.1 Å². The standard InChI is InChI=1S/C58H65N/c1-37(2)43-34-51-52(57(9,10)31-30-56(51,7)8)35-44(43)46-33-45-42-20-16-17-21-47(42)58(11,12)49(45)36-53(46)59(40-24-22-39(23-25-40)38-18-14-13-15-19-38)41-26-27-48-50(32-41)55(5,6)29-28-54(48,3)4/h13-27,32-37H,28-31H2,1-12H3. The molecule has 0 fully saturated rings. The molecule has 6 aromatic rings. The summed E-state index contributed by atoms with van der Waals surface area (Å²) < 4.78 is 0. The Kier molecular flexibility index (Phi) is 9.10. The zero-order chi connectivity index (χ0) is 41.9. The van der Waals surface area contributed by atoms with Gasteiger partial charge in [-0.25, -0.2) is 0 Å². The number of fused-ring (bicyclic) bond motifs is 5. The minimum atomic E-state index is -0.146. The van der Waals surface area contributed by atoms with Gasteiger partial charge in [-0.3, -0.25) is 0 Å². The van der Waals surface area contributed by atoms with E-state index in [0.29, 0.717) is 5.92 Å². The van der Waals surface area contributed by atoms with Crippen molar-refractivity contribution < 1.29 is 0 Å². The van der Waals surface area contributed by atoms with Crippen molar-refractivity contribution in [3.63, 3.8) is 0 Å². The zero-order valence-corrected chi connectivity index (χ0v) is 37.9. The van der Waals surface area contributed by atoms with Gasteiger partial charge in [0, 0.05) is 22.4 Å². The van der Waals surface area contributed by atoms with Crippen LogP contribution in [-0.2, 0) is 27.1 Å². The number of anilines is 3. The predicted molar refractivity (Wildman–Crippen MR) is 254 cm³/mol. The molecule has 6 aromatic carbocycles. The van der Waals surface area contributed by atoms with Crippen molar-refractivity contribution in [3.8, 4) is 33.4 Å². The Morgan fingerprint density at radius 1 is 0.390 bits per heavy atom. The summed E-state index contributed by atoms with van der Waals surface area (Å²) in [5.74, 6) is 0.353. The predicted octanol–water partition coefficient (Wildman–Crippen LogP) is 16.6. The molecule has 3 aliphatic carbocycles. The topological polar surface area (TPSA) is 3.24 Å². The first-order valence-electron chi connectivity index (χ1n) is 22.4. The Morgan fingerprint density at radius 2 is 0.915 bits per heavy atom. The van der Waals surface area contributed by atoms with E-state index < -0.39 is 0 Å².